The van der Waals surface area contributed by atoms with Crippen LogP contribution in [0.2, 0.25) is 0 Å². The van der Waals surface area contributed by atoms with Crippen molar-refractivity contribution in [1.82, 2.24) is 0 Å². The Kier molecular flexibility index (Phi) is 14.7. The van der Waals surface area contributed by atoms with Gasteiger partial charge >= 0.3 is 0 Å². The fourth-order valence-corrected chi connectivity index (χ4v) is 8.08. The fourth-order valence-electron chi connectivity index (χ4n) is 6.92. The number of carbonyl (C=O) groups excluding carboxylic acids is 1. The molecule has 15 nitrogen and oxygen atoms in total. The summed E-state index contributed by atoms with van der Waals surface area (Å²) in [5.74, 6) is 3.48. The maximum absolute atomic E-state index is 13.4. The van der Waals surface area contributed by atoms with Gasteiger partial charge < -0.3 is 28.4 Å². The van der Waals surface area contributed by atoms with Crippen LogP contribution in [0.15, 0.2) is 180 Å². The van der Waals surface area contributed by atoms with Crippen LogP contribution < -0.4 is 28.4 Å². The van der Waals surface area contributed by atoms with Gasteiger partial charge in [0.1, 0.15) is 85.8 Å². The van der Waals surface area contributed by atoms with Crippen LogP contribution in [-0.2, 0) is 19.5 Å². The molecule has 0 heterocycles. The van der Waals surface area contributed by atoms with Crippen LogP contribution in [0.4, 0.5) is 0 Å². The Morgan fingerprint density at radius 1 is 0.529 bits per heavy atom. The molecule has 0 aliphatic heterocycles. The van der Waals surface area contributed by atoms with Crippen LogP contribution in [-0.4, -0.2) is 31.1 Å². The van der Waals surface area contributed by atoms with E-state index in [1.54, 1.807) is 72.8 Å². The van der Waals surface area contributed by atoms with Crippen LogP contribution in [0.25, 0.3) is 11.1 Å². The summed E-state index contributed by atoms with van der Waals surface area (Å²) in [6.07, 6.45) is 0. The molecule has 0 aliphatic rings. The zero-order chi connectivity index (χ0) is 49.2. The Bertz CT molecular complexity index is 3390. The Labute approximate surface area is 405 Å². The predicted octanol–water partition coefficient (Wildman–Crippen LogP) is 13.3. The maximum atomic E-state index is 13.4. The van der Waals surface area contributed by atoms with E-state index in [1.807, 2.05) is 67.6 Å². The minimum Gasteiger partial charge on any atom is -0.495 e. The summed E-state index contributed by atoms with van der Waals surface area (Å²) in [5.41, 5.74) is 3.46. The van der Waals surface area contributed by atoms with Crippen LogP contribution in [0.3, 0.4) is 0 Å². The molecule has 8 aromatic carbocycles. The van der Waals surface area contributed by atoms with Crippen molar-refractivity contribution in [2.45, 2.75) is 16.7 Å². The average Bonchev–Trinajstić information content (AvgIpc) is 3.37. The van der Waals surface area contributed by atoms with E-state index >= 15 is 0 Å². The number of rotatable bonds is 18. The predicted molar refractivity (Wildman–Crippen MR) is 256 cm³/mol. The highest BCUT2D eigenvalue weighted by molar-refractivity contribution is 7.94. The molecule has 70 heavy (non-hydrogen) atoms. The summed E-state index contributed by atoms with van der Waals surface area (Å²) in [5, 5.41) is 32.3. The number of nitriles is 2. The second-order valence-electron chi connectivity index (χ2n) is 14.9. The highest BCUT2D eigenvalue weighted by Crippen LogP contribution is 2.39. The molecule has 0 radical (unpaired) electrons. The fraction of sp³-hybridized carbons (Fsp3) is 0.0377. The Morgan fingerprint density at radius 2 is 0.943 bits per heavy atom. The van der Waals surface area contributed by atoms with E-state index in [-0.39, 0.29) is 33.1 Å². The zero-order valence-corrected chi connectivity index (χ0v) is 38.4. The molecule has 348 valence electrons. The molecule has 0 saturated carbocycles. The van der Waals surface area contributed by atoms with Crippen molar-refractivity contribution in [3.63, 3.8) is 0 Å². The molecular formula is C53H36N2O13S2. The molecule has 0 bridgehead atoms. The molecule has 0 amide bonds. The highest BCUT2D eigenvalue weighted by Gasteiger charge is 2.22. The SMILES string of the molecule is COc1ccc(C(=O)c2ccc(Oc3ccc(Oc4ccc(Oc5cccc(Oc6ccc(-c7ccc(Oc8cccc(C)c8C#N)cc7)cc6)c5C#N)cc4)cc3)c(SOOO)c2)cc1S(=O)(=O)O. The third-order valence-corrected chi connectivity index (χ3v) is 11.8. The summed E-state index contributed by atoms with van der Waals surface area (Å²) >= 11 is 0.546. The molecule has 0 aliphatic carbocycles. The van der Waals surface area contributed by atoms with Gasteiger partial charge in [0, 0.05) is 11.1 Å². The smallest absolute Gasteiger partial charge is 0.298 e. The lowest BCUT2D eigenvalue weighted by molar-refractivity contribution is -0.432. The summed E-state index contributed by atoms with van der Waals surface area (Å²) in [6.45, 7) is 1.87. The van der Waals surface area contributed by atoms with E-state index in [0.717, 1.165) is 22.8 Å². The van der Waals surface area contributed by atoms with Crippen molar-refractivity contribution in [3.8, 4) is 86.5 Å². The van der Waals surface area contributed by atoms with Crippen LogP contribution in [0.1, 0.15) is 32.6 Å². The number of ether oxygens (including phenoxy) is 6. The van der Waals surface area contributed by atoms with Crippen molar-refractivity contribution < 1.29 is 60.8 Å². The zero-order valence-electron chi connectivity index (χ0n) is 36.8. The van der Waals surface area contributed by atoms with Gasteiger partial charge in [-0.3, -0.25) is 9.35 Å². The number of benzene rings is 8. The number of ketones is 1. The highest BCUT2D eigenvalue weighted by atomic mass is 32.2. The molecule has 0 fully saturated rings. The molecule has 0 saturated heterocycles. The minimum absolute atomic E-state index is 0.0528. The van der Waals surface area contributed by atoms with E-state index in [2.05, 4.69) is 21.5 Å². The Hall–Kier alpha value is -8.65. The van der Waals surface area contributed by atoms with Gasteiger partial charge in [-0.2, -0.15) is 18.9 Å². The molecular weight excluding hydrogens is 937 g/mol. The summed E-state index contributed by atoms with van der Waals surface area (Å²) in [6, 6.07) is 51.2. The first-order valence-electron chi connectivity index (χ1n) is 20.7. The Balaban J connectivity index is 0.878. The summed E-state index contributed by atoms with van der Waals surface area (Å²) in [4.78, 5) is 13.0. The monoisotopic (exact) mass is 972 g/mol. The standard InChI is InChI=1S/C53H36N2O13S2/c1-33-5-3-6-46(44(33)31-54)63-40-15-9-34(10-16-40)35-11-17-41(18-12-35)64-47-7-4-8-48(45(47)32-55)65-42-23-19-38(20-24-42)62-39-21-25-43(26-22-39)66-49-27-13-36(29-51(49)69-68-67-57)53(56)37-14-28-50(61-2)52(30-37)70(58,59)60/h3-30,57H,1-2H3,(H,58,59,60). The third-order valence-electron chi connectivity index (χ3n) is 10.3. The number of carbonyl (C=O) groups is 1. The topological polar surface area (TPSA) is 213 Å². The van der Waals surface area contributed by atoms with Crippen molar-refractivity contribution >= 4 is 27.9 Å². The van der Waals surface area contributed by atoms with Gasteiger partial charge in [0.25, 0.3) is 10.1 Å². The molecule has 17 heteroatoms. The largest absolute Gasteiger partial charge is 0.495 e. The first-order chi connectivity index (χ1) is 33.9. The number of methoxy groups -OCH3 is 1. The number of hydrogen-bond acceptors (Lipinski definition) is 15. The summed E-state index contributed by atoms with van der Waals surface area (Å²) in [7, 11) is -3.48. The third kappa shape index (κ3) is 11.4. The lowest BCUT2D eigenvalue weighted by Crippen LogP contribution is -2.07. The van der Waals surface area contributed by atoms with Crippen LogP contribution >= 0.6 is 12.0 Å². The number of nitrogens with zero attached hydrogens (tertiary/aromatic N) is 2. The van der Waals surface area contributed by atoms with Gasteiger partial charge in [0.2, 0.25) is 0 Å². The molecule has 0 unspecified atom stereocenters. The molecule has 8 aromatic rings. The maximum Gasteiger partial charge on any atom is 0.298 e. The van der Waals surface area contributed by atoms with E-state index in [4.69, 9.17) is 33.7 Å². The second kappa shape index (κ2) is 21.5. The van der Waals surface area contributed by atoms with E-state index in [1.165, 1.54) is 37.4 Å². The number of aryl methyl sites for hydroxylation is 1. The normalized spacial score (nSPS) is 10.9. The van der Waals surface area contributed by atoms with Gasteiger partial charge in [0.05, 0.1) is 29.6 Å². The molecule has 2 N–H and O–H groups in total. The molecule has 8 rings (SSSR count). The average molecular weight is 973 g/mol. The van der Waals surface area contributed by atoms with E-state index < -0.39 is 20.8 Å². The molecule has 0 aromatic heterocycles. The van der Waals surface area contributed by atoms with Crippen LogP contribution in [0, 0.1) is 29.6 Å². The van der Waals surface area contributed by atoms with Gasteiger partial charge in [-0.1, -0.05) is 47.5 Å². The molecule has 0 atom stereocenters. The molecule has 0 spiro atoms. The quantitative estimate of drug-likeness (QED) is 0.0269. The van der Waals surface area contributed by atoms with Crippen molar-refractivity contribution in [3.05, 3.63) is 198 Å². The van der Waals surface area contributed by atoms with E-state index in [9.17, 15) is 28.3 Å². The van der Waals surface area contributed by atoms with Crippen molar-refractivity contribution in [2.75, 3.05) is 7.11 Å². The lowest BCUT2D eigenvalue weighted by atomic mass is 10.0. The van der Waals surface area contributed by atoms with Gasteiger partial charge in [-0.05, 0) is 151 Å². The first kappa shape index (κ1) is 47.8. The van der Waals surface area contributed by atoms with Crippen molar-refractivity contribution in [1.29, 1.82) is 10.5 Å². The van der Waals surface area contributed by atoms with E-state index in [0.29, 0.717) is 69.4 Å². The first-order valence-corrected chi connectivity index (χ1v) is 22.9. The lowest BCUT2D eigenvalue weighted by Gasteiger charge is -2.13. The van der Waals surface area contributed by atoms with Crippen LogP contribution in [0.5, 0.6) is 63.2 Å². The van der Waals surface area contributed by atoms with Crippen molar-refractivity contribution in [2.24, 2.45) is 0 Å². The van der Waals surface area contributed by atoms with Gasteiger partial charge in [-0.15, -0.1) is 4.33 Å². The van der Waals surface area contributed by atoms with Gasteiger partial charge in [0.15, 0.2) is 5.78 Å². The Morgan fingerprint density at radius 3 is 1.40 bits per heavy atom. The number of hydrogen-bond donors (Lipinski definition) is 2. The minimum atomic E-state index is -4.70. The summed E-state index contributed by atoms with van der Waals surface area (Å²) < 4.78 is 73.4. The second-order valence-corrected chi connectivity index (χ2v) is 17.0. The van der Waals surface area contributed by atoms with Gasteiger partial charge in [-0.25, -0.2) is 5.26 Å².